The van der Waals surface area contributed by atoms with Gasteiger partial charge in [0, 0.05) is 58.4 Å². The minimum atomic E-state index is 0. The van der Waals surface area contributed by atoms with Crippen molar-refractivity contribution in [2.45, 2.75) is 51.2 Å². The van der Waals surface area contributed by atoms with Gasteiger partial charge in [-0.3, -0.25) is 9.80 Å². The highest BCUT2D eigenvalue weighted by molar-refractivity contribution is 14.0. The predicted octanol–water partition coefficient (Wildman–Crippen LogP) is 0.719. The standard InChI is InChI=1S/C18H32N8.HI/c1-14-22-23-17(24(14)2)12-20-18(21-15-5-3-4-6-15)19-11-16-13-25-7-9-26(16)10-8-25;/h15-16H,3-13H2,1-2H3,(H2,19,20,21);1H. The Hall–Kier alpha value is -0.940. The molecule has 2 bridgehead atoms. The second-order valence-corrected chi connectivity index (χ2v) is 7.88. The molecule has 0 radical (unpaired) electrons. The van der Waals surface area contributed by atoms with Gasteiger partial charge >= 0.3 is 0 Å². The highest BCUT2D eigenvalue weighted by Crippen LogP contribution is 2.18. The van der Waals surface area contributed by atoms with Crippen molar-refractivity contribution < 1.29 is 0 Å². The van der Waals surface area contributed by atoms with Crippen LogP contribution in [0.25, 0.3) is 0 Å². The summed E-state index contributed by atoms with van der Waals surface area (Å²) in [6, 6.07) is 1.14. The first-order valence-corrected chi connectivity index (χ1v) is 10.0. The smallest absolute Gasteiger partial charge is 0.191 e. The number of halogens is 1. The molecule has 1 aliphatic carbocycles. The molecule has 0 aromatic carbocycles. The van der Waals surface area contributed by atoms with E-state index in [9.17, 15) is 0 Å². The van der Waals surface area contributed by atoms with Gasteiger partial charge in [0.1, 0.15) is 12.4 Å². The lowest BCUT2D eigenvalue weighted by molar-refractivity contribution is 0.0154. The number of nitrogens with zero attached hydrogens (tertiary/aromatic N) is 6. The molecule has 1 saturated carbocycles. The summed E-state index contributed by atoms with van der Waals surface area (Å²) < 4.78 is 2.01. The fraction of sp³-hybridized carbons (Fsp3) is 0.833. The summed E-state index contributed by atoms with van der Waals surface area (Å²) in [4.78, 5) is 10.0. The van der Waals surface area contributed by atoms with Gasteiger partial charge in [-0.15, -0.1) is 34.2 Å². The Morgan fingerprint density at radius 3 is 2.48 bits per heavy atom. The largest absolute Gasteiger partial charge is 0.355 e. The quantitative estimate of drug-likeness (QED) is 0.362. The van der Waals surface area contributed by atoms with Crippen LogP contribution in [-0.2, 0) is 13.6 Å². The minimum Gasteiger partial charge on any atom is -0.355 e. The summed E-state index contributed by atoms with van der Waals surface area (Å²) in [5, 5.41) is 15.6. The number of nitrogens with one attached hydrogen (secondary N) is 2. The van der Waals surface area contributed by atoms with Crippen LogP contribution in [0.5, 0.6) is 0 Å². The molecule has 2 N–H and O–H groups in total. The maximum atomic E-state index is 4.82. The van der Waals surface area contributed by atoms with Gasteiger partial charge < -0.3 is 15.2 Å². The normalized spacial score (nSPS) is 28.2. The van der Waals surface area contributed by atoms with Gasteiger partial charge in [-0.25, -0.2) is 4.99 Å². The van der Waals surface area contributed by atoms with Crippen LogP contribution in [0.4, 0.5) is 0 Å². The fourth-order valence-electron chi connectivity index (χ4n) is 4.29. The number of fused-ring (bicyclic) bond motifs is 3. The molecule has 152 valence electrons. The molecule has 1 aromatic rings. The summed E-state index contributed by atoms with van der Waals surface area (Å²) in [7, 11) is 2.00. The first kappa shape index (κ1) is 20.8. The van der Waals surface area contributed by atoms with Crippen LogP contribution in [0, 0.1) is 6.92 Å². The molecule has 3 aliphatic heterocycles. The zero-order valence-corrected chi connectivity index (χ0v) is 18.9. The predicted molar refractivity (Wildman–Crippen MR) is 117 cm³/mol. The Balaban J connectivity index is 0.00000210. The molecule has 4 aliphatic rings. The number of aryl methyl sites for hydroxylation is 1. The van der Waals surface area contributed by atoms with Crippen molar-refractivity contribution in [3.63, 3.8) is 0 Å². The lowest BCUT2D eigenvalue weighted by Gasteiger charge is -2.47. The Labute approximate surface area is 179 Å². The molecule has 0 spiro atoms. The van der Waals surface area contributed by atoms with E-state index in [-0.39, 0.29) is 24.0 Å². The van der Waals surface area contributed by atoms with Gasteiger partial charge in [-0.2, -0.15) is 0 Å². The molecule has 27 heavy (non-hydrogen) atoms. The first-order valence-electron chi connectivity index (χ1n) is 10.0. The molecule has 4 fully saturated rings. The van der Waals surface area contributed by atoms with E-state index < -0.39 is 0 Å². The van der Waals surface area contributed by atoms with Crippen molar-refractivity contribution in [1.29, 1.82) is 0 Å². The van der Waals surface area contributed by atoms with Crippen molar-refractivity contribution >= 4 is 29.9 Å². The third-order valence-corrected chi connectivity index (χ3v) is 6.15. The summed E-state index contributed by atoms with van der Waals surface area (Å²) in [6.07, 6.45) is 5.12. The van der Waals surface area contributed by atoms with Gasteiger partial charge in [0.2, 0.25) is 0 Å². The Bertz CT molecular complexity index is 631. The fourth-order valence-corrected chi connectivity index (χ4v) is 4.29. The first-order chi connectivity index (χ1) is 12.7. The molecule has 3 saturated heterocycles. The van der Waals surface area contributed by atoms with Crippen LogP contribution in [0.3, 0.4) is 0 Å². The lowest BCUT2D eigenvalue weighted by atomic mass is 10.1. The second-order valence-electron chi connectivity index (χ2n) is 7.88. The van der Waals surface area contributed by atoms with E-state index in [0.717, 1.165) is 24.2 Å². The minimum absolute atomic E-state index is 0. The van der Waals surface area contributed by atoms with Crippen LogP contribution < -0.4 is 10.6 Å². The zero-order valence-electron chi connectivity index (χ0n) is 16.5. The van der Waals surface area contributed by atoms with Crippen LogP contribution in [0.1, 0.15) is 37.3 Å². The maximum Gasteiger partial charge on any atom is 0.191 e. The van der Waals surface area contributed by atoms with E-state index in [4.69, 9.17) is 4.99 Å². The number of aliphatic imine (C=N–C) groups is 1. The molecule has 5 rings (SSSR count). The third-order valence-electron chi connectivity index (χ3n) is 6.15. The average molecular weight is 488 g/mol. The van der Waals surface area contributed by atoms with E-state index in [1.54, 1.807) is 0 Å². The van der Waals surface area contributed by atoms with Crippen molar-refractivity contribution in [3.05, 3.63) is 11.6 Å². The number of aromatic nitrogens is 3. The zero-order chi connectivity index (χ0) is 17.9. The molecule has 4 heterocycles. The van der Waals surface area contributed by atoms with E-state index in [1.807, 2.05) is 18.5 Å². The topological polar surface area (TPSA) is 73.6 Å². The number of piperazine rings is 3. The lowest BCUT2D eigenvalue weighted by Crippen LogP contribution is -2.64. The van der Waals surface area contributed by atoms with E-state index in [2.05, 4.69) is 30.6 Å². The van der Waals surface area contributed by atoms with Crippen molar-refractivity contribution in [3.8, 4) is 0 Å². The van der Waals surface area contributed by atoms with Gasteiger partial charge in [0.25, 0.3) is 0 Å². The molecule has 0 amide bonds. The van der Waals surface area contributed by atoms with Gasteiger partial charge in [-0.05, 0) is 19.8 Å². The SMILES string of the molecule is Cc1nnc(CN=C(NCC2CN3CCN2CC3)NC2CCCC2)n1C.I. The van der Waals surface area contributed by atoms with Crippen LogP contribution in [0.2, 0.25) is 0 Å². The highest BCUT2D eigenvalue weighted by Gasteiger charge is 2.31. The summed E-state index contributed by atoms with van der Waals surface area (Å²) in [5.41, 5.74) is 0. The van der Waals surface area contributed by atoms with E-state index >= 15 is 0 Å². The highest BCUT2D eigenvalue weighted by atomic mass is 127. The maximum absolute atomic E-state index is 4.82. The number of rotatable bonds is 5. The summed E-state index contributed by atoms with van der Waals surface area (Å²) in [6.45, 7) is 9.50. The third kappa shape index (κ3) is 5.11. The average Bonchev–Trinajstić information content (AvgIpc) is 3.29. The van der Waals surface area contributed by atoms with Gasteiger partial charge in [-0.1, -0.05) is 12.8 Å². The van der Waals surface area contributed by atoms with Gasteiger partial charge in [0.15, 0.2) is 11.8 Å². The van der Waals surface area contributed by atoms with Crippen LogP contribution >= 0.6 is 24.0 Å². The van der Waals surface area contributed by atoms with Gasteiger partial charge in [0.05, 0.1) is 0 Å². The van der Waals surface area contributed by atoms with E-state index in [0.29, 0.717) is 18.6 Å². The number of guanidine groups is 1. The summed E-state index contributed by atoms with van der Waals surface area (Å²) >= 11 is 0. The van der Waals surface area contributed by atoms with Crippen molar-refractivity contribution in [1.82, 2.24) is 35.2 Å². The number of hydrogen-bond acceptors (Lipinski definition) is 5. The van der Waals surface area contributed by atoms with E-state index in [1.165, 1.54) is 58.4 Å². The molecular weight excluding hydrogens is 455 g/mol. The molecule has 8 nitrogen and oxygen atoms in total. The molecule has 1 aromatic heterocycles. The molecular formula is C18H33IN8. The van der Waals surface area contributed by atoms with Crippen molar-refractivity contribution in [2.75, 3.05) is 39.3 Å². The Morgan fingerprint density at radius 1 is 1.15 bits per heavy atom. The molecule has 1 unspecified atom stereocenters. The van der Waals surface area contributed by atoms with Crippen LogP contribution in [0.15, 0.2) is 4.99 Å². The van der Waals surface area contributed by atoms with Crippen LogP contribution in [-0.4, -0.2) is 81.9 Å². The monoisotopic (exact) mass is 488 g/mol. The Morgan fingerprint density at radius 2 is 1.89 bits per heavy atom. The Kier molecular flexibility index (Phi) is 7.32. The molecule has 9 heteroatoms. The summed E-state index contributed by atoms with van der Waals surface area (Å²) in [5.74, 6) is 2.75. The second kappa shape index (κ2) is 9.51. The molecule has 1 atom stereocenters. The van der Waals surface area contributed by atoms with Crippen molar-refractivity contribution in [2.24, 2.45) is 12.0 Å². The number of hydrogen-bond donors (Lipinski definition) is 2.